The van der Waals surface area contributed by atoms with E-state index in [1.54, 1.807) is 13.0 Å². The second kappa shape index (κ2) is 8.17. The fourth-order valence-corrected chi connectivity index (χ4v) is 2.88. The molecule has 0 amide bonds. The molecule has 154 valence electrons. The van der Waals surface area contributed by atoms with E-state index in [9.17, 15) is 13.9 Å². The second-order valence-electron chi connectivity index (χ2n) is 6.44. The minimum absolute atomic E-state index is 0.147. The lowest BCUT2D eigenvalue weighted by Gasteiger charge is -2.10. The van der Waals surface area contributed by atoms with E-state index in [2.05, 4.69) is 30.5 Å². The maximum absolute atomic E-state index is 13.8. The van der Waals surface area contributed by atoms with Crippen LogP contribution in [0.25, 0.3) is 22.3 Å². The summed E-state index contributed by atoms with van der Waals surface area (Å²) < 4.78 is 32.1. The van der Waals surface area contributed by atoms with Gasteiger partial charge < -0.3 is 15.2 Å². The van der Waals surface area contributed by atoms with Crippen molar-refractivity contribution in [3.63, 3.8) is 0 Å². The van der Waals surface area contributed by atoms with E-state index in [0.29, 0.717) is 40.1 Å². The van der Waals surface area contributed by atoms with Crippen molar-refractivity contribution in [2.24, 2.45) is 0 Å². The summed E-state index contributed by atoms with van der Waals surface area (Å²) in [6.07, 6.45) is 2.39. The van der Waals surface area contributed by atoms with Gasteiger partial charge in [-0.1, -0.05) is 11.6 Å². The molecule has 0 aliphatic carbocycles. The van der Waals surface area contributed by atoms with Gasteiger partial charge in [-0.3, -0.25) is 5.10 Å². The minimum Gasteiger partial charge on any atom is -0.421 e. The smallest absolute Gasteiger partial charge is 0.324 e. The predicted octanol–water partition coefficient (Wildman–Crippen LogP) is 3.93. The first-order valence-electron chi connectivity index (χ1n) is 8.82. The molecule has 0 bridgehead atoms. The number of aliphatic hydroxyl groups is 1. The Morgan fingerprint density at radius 2 is 2.07 bits per heavy atom. The predicted molar refractivity (Wildman–Crippen MR) is 107 cm³/mol. The number of anilines is 1. The molecule has 1 unspecified atom stereocenters. The van der Waals surface area contributed by atoms with E-state index < -0.39 is 17.7 Å². The number of ether oxygens (including phenoxy) is 1. The number of aliphatic hydroxyl groups excluding tert-OH is 1. The van der Waals surface area contributed by atoms with Gasteiger partial charge in [0.05, 0.1) is 22.2 Å². The lowest BCUT2D eigenvalue weighted by Crippen LogP contribution is -2.16. The van der Waals surface area contributed by atoms with Crippen LogP contribution in [0.3, 0.4) is 0 Å². The van der Waals surface area contributed by atoms with Gasteiger partial charge in [-0.2, -0.15) is 10.1 Å². The van der Waals surface area contributed by atoms with Crippen molar-refractivity contribution in [3.05, 3.63) is 53.3 Å². The molecule has 11 heteroatoms. The Labute approximate surface area is 173 Å². The molecule has 0 spiro atoms. The number of nitrogens with zero attached hydrogens (tertiary/aromatic N) is 4. The largest absolute Gasteiger partial charge is 0.421 e. The summed E-state index contributed by atoms with van der Waals surface area (Å²) in [5, 5.41) is 20.3. The zero-order valence-corrected chi connectivity index (χ0v) is 16.3. The zero-order chi connectivity index (χ0) is 21.3. The van der Waals surface area contributed by atoms with Crippen LogP contribution in [0.5, 0.6) is 11.8 Å². The third-order valence-corrected chi connectivity index (χ3v) is 4.39. The molecule has 4 aromatic rings. The van der Waals surface area contributed by atoms with Crippen LogP contribution < -0.4 is 10.1 Å². The van der Waals surface area contributed by atoms with Crippen molar-refractivity contribution in [3.8, 4) is 23.0 Å². The fraction of sp³-hybridized carbons (Fsp3) is 0.158. The van der Waals surface area contributed by atoms with Crippen molar-refractivity contribution in [1.29, 1.82) is 0 Å². The Hall–Kier alpha value is -3.37. The van der Waals surface area contributed by atoms with Crippen LogP contribution in [0.1, 0.15) is 6.92 Å². The summed E-state index contributed by atoms with van der Waals surface area (Å²) in [5.74, 6) is -1.28. The first kappa shape index (κ1) is 19.9. The number of hydrogen-bond donors (Lipinski definition) is 3. The molecular weight excluding hydrogens is 418 g/mol. The zero-order valence-electron chi connectivity index (χ0n) is 15.5. The SMILES string of the molecule is CC(O)CNc1cc(-c2[nH]nc3nc(Oc4ccc(F)cc4F)ncc23)c(Cl)cn1. The van der Waals surface area contributed by atoms with Gasteiger partial charge >= 0.3 is 6.01 Å². The van der Waals surface area contributed by atoms with E-state index in [1.807, 2.05) is 0 Å². The number of nitrogens with one attached hydrogen (secondary N) is 2. The molecule has 1 atom stereocenters. The summed E-state index contributed by atoms with van der Waals surface area (Å²) in [4.78, 5) is 12.4. The van der Waals surface area contributed by atoms with Crippen LogP contribution in [-0.2, 0) is 0 Å². The summed E-state index contributed by atoms with van der Waals surface area (Å²) in [7, 11) is 0. The molecule has 8 nitrogen and oxygen atoms in total. The van der Waals surface area contributed by atoms with E-state index >= 15 is 0 Å². The van der Waals surface area contributed by atoms with Crippen molar-refractivity contribution >= 4 is 28.5 Å². The third-order valence-electron chi connectivity index (χ3n) is 4.09. The van der Waals surface area contributed by atoms with Crippen LogP contribution >= 0.6 is 11.6 Å². The van der Waals surface area contributed by atoms with Crippen molar-refractivity contribution in [1.82, 2.24) is 25.1 Å². The molecule has 0 aliphatic rings. The van der Waals surface area contributed by atoms with Crippen molar-refractivity contribution < 1.29 is 18.6 Å². The average Bonchev–Trinajstić information content (AvgIpc) is 3.12. The van der Waals surface area contributed by atoms with Gasteiger partial charge in [0, 0.05) is 30.6 Å². The van der Waals surface area contributed by atoms with Gasteiger partial charge in [0.15, 0.2) is 17.2 Å². The Bertz CT molecular complexity index is 1220. The second-order valence-corrected chi connectivity index (χ2v) is 6.85. The third kappa shape index (κ3) is 4.14. The number of pyridine rings is 1. The highest BCUT2D eigenvalue weighted by atomic mass is 35.5. The minimum atomic E-state index is -0.873. The molecule has 0 radical (unpaired) electrons. The Morgan fingerprint density at radius 3 is 2.83 bits per heavy atom. The van der Waals surface area contributed by atoms with E-state index in [1.165, 1.54) is 12.4 Å². The van der Waals surface area contributed by atoms with Crippen LogP contribution in [0.2, 0.25) is 5.02 Å². The lowest BCUT2D eigenvalue weighted by molar-refractivity contribution is 0.208. The van der Waals surface area contributed by atoms with Gasteiger partial charge in [-0.05, 0) is 25.1 Å². The van der Waals surface area contributed by atoms with Crippen molar-refractivity contribution in [2.75, 3.05) is 11.9 Å². The van der Waals surface area contributed by atoms with Gasteiger partial charge in [0.1, 0.15) is 11.6 Å². The Balaban J connectivity index is 1.65. The molecule has 1 aromatic carbocycles. The van der Waals surface area contributed by atoms with Gasteiger partial charge in [-0.25, -0.2) is 18.7 Å². The maximum atomic E-state index is 13.8. The Kier molecular flexibility index (Phi) is 5.42. The molecule has 0 aliphatic heterocycles. The van der Waals surface area contributed by atoms with Gasteiger partial charge in [0.25, 0.3) is 0 Å². The number of aromatic amines is 1. The Morgan fingerprint density at radius 1 is 1.23 bits per heavy atom. The number of hydrogen-bond acceptors (Lipinski definition) is 7. The fourth-order valence-electron chi connectivity index (χ4n) is 2.68. The van der Waals surface area contributed by atoms with Crippen LogP contribution in [0.4, 0.5) is 14.6 Å². The number of rotatable bonds is 6. The number of benzene rings is 1. The van der Waals surface area contributed by atoms with E-state index in [4.69, 9.17) is 16.3 Å². The summed E-state index contributed by atoms with van der Waals surface area (Å²) in [5.41, 5.74) is 1.42. The van der Waals surface area contributed by atoms with Gasteiger partial charge in [-0.15, -0.1) is 0 Å². The molecular formula is C19H15ClF2N6O2. The van der Waals surface area contributed by atoms with E-state index in [-0.39, 0.29) is 17.4 Å². The van der Waals surface area contributed by atoms with Crippen LogP contribution in [0, 0.1) is 11.6 Å². The highest BCUT2D eigenvalue weighted by molar-refractivity contribution is 6.33. The van der Waals surface area contributed by atoms with Crippen LogP contribution in [0.15, 0.2) is 36.7 Å². The maximum Gasteiger partial charge on any atom is 0.324 e. The molecule has 3 heterocycles. The molecule has 0 saturated carbocycles. The standard InChI is InChI=1S/C19H15ClF2N6O2/c1-9(29)6-23-16-5-11(13(20)8-24-16)17-12-7-25-19(26-18(12)28-27-17)30-15-3-2-10(21)4-14(15)22/h2-5,7-9,29H,6H2,1H3,(H,23,24)(H,25,26,27,28). The number of aromatic nitrogens is 5. The highest BCUT2D eigenvalue weighted by Gasteiger charge is 2.16. The number of fused-ring (bicyclic) bond motifs is 1. The lowest BCUT2D eigenvalue weighted by atomic mass is 10.1. The average molecular weight is 433 g/mol. The molecule has 0 fully saturated rings. The summed E-state index contributed by atoms with van der Waals surface area (Å²) in [6.45, 7) is 1.97. The molecule has 4 rings (SSSR count). The van der Waals surface area contributed by atoms with Gasteiger partial charge in [0.2, 0.25) is 0 Å². The first-order chi connectivity index (χ1) is 14.4. The monoisotopic (exact) mass is 432 g/mol. The normalized spacial score (nSPS) is 12.2. The highest BCUT2D eigenvalue weighted by Crippen LogP contribution is 2.33. The molecule has 30 heavy (non-hydrogen) atoms. The number of H-pyrrole nitrogens is 1. The first-order valence-corrected chi connectivity index (χ1v) is 9.20. The quantitative estimate of drug-likeness (QED) is 0.423. The molecule has 3 aromatic heterocycles. The molecule has 0 saturated heterocycles. The van der Waals surface area contributed by atoms with Crippen LogP contribution in [-0.4, -0.2) is 42.9 Å². The topological polar surface area (TPSA) is 109 Å². The number of halogens is 3. The summed E-state index contributed by atoms with van der Waals surface area (Å²) in [6, 6.07) is 4.47. The summed E-state index contributed by atoms with van der Waals surface area (Å²) >= 11 is 6.29. The van der Waals surface area contributed by atoms with E-state index in [0.717, 1.165) is 12.1 Å². The van der Waals surface area contributed by atoms with Crippen molar-refractivity contribution in [2.45, 2.75) is 13.0 Å². The molecule has 3 N–H and O–H groups in total.